The Morgan fingerprint density at radius 1 is 1.61 bits per heavy atom. The van der Waals surface area contributed by atoms with Crippen LogP contribution < -0.4 is 5.32 Å². The van der Waals surface area contributed by atoms with E-state index >= 15 is 0 Å². The van der Waals surface area contributed by atoms with Gasteiger partial charge in [-0.05, 0) is 24.6 Å². The number of nitrogens with one attached hydrogen (secondary N) is 1. The van der Waals surface area contributed by atoms with E-state index in [1.165, 1.54) is 19.2 Å². The molecular weight excluding hydrogens is 237 g/mol. The second-order valence-corrected chi connectivity index (χ2v) is 4.28. The molecule has 0 aliphatic carbocycles. The number of hydrogen-bond donors (Lipinski definition) is 1. The van der Waals surface area contributed by atoms with Crippen molar-refractivity contribution in [3.8, 4) is 0 Å². The fraction of sp³-hybridized carbons (Fsp3) is 0.462. The molecule has 0 amide bonds. The highest BCUT2D eigenvalue weighted by molar-refractivity contribution is 5.79. The topological polar surface area (TPSA) is 47.6 Å². The van der Waals surface area contributed by atoms with Crippen LogP contribution in [0.25, 0.3) is 0 Å². The summed E-state index contributed by atoms with van der Waals surface area (Å²) in [5, 5.41) is 3.02. The van der Waals surface area contributed by atoms with Gasteiger partial charge in [0.05, 0.1) is 13.7 Å². The monoisotopic (exact) mass is 253 g/mol. The molecule has 0 bridgehead atoms. The molecule has 18 heavy (non-hydrogen) atoms. The van der Waals surface area contributed by atoms with Crippen molar-refractivity contribution in [3.63, 3.8) is 0 Å². The third-order valence-corrected chi connectivity index (χ3v) is 3.04. The molecule has 1 aromatic carbocycles. The highest BCUT2D eigenvalue weighted by Gasteiger charge is 2.32. The lowest BCUT2D eigenvalue weighted by atomic mass is 9.99. The number of carbonyl (C=O) groups excluding carboxylic acids is 1. The first-order valence-corrected chi connectivity index (χ1v) is 5.88. The predicted octanol–water partition coefficient (Wildman–Crippen LogP) is 1.82. The van der Waals surface area contributed by atoms with Crippen LogP contribution in [0.5, 0.6) is 0 Å². The van der Waals surface area contributed by atoms with E-state index in [9.17, 15) is 9.18 Å². The number of methoxy groups -OCH3 is 1. The minimum Gasteiger partial charge on any atom is -0.467 e. The molecule has 2 atom stereocenters. The number of anilines is 1. The lowest BCUT2D eigenvalue weighted by Crippen LogP contribution is -2.38. The number of hydrogen-bond acceptors (Lipinski definition) is 4. The average molecular weight is 253 g/mol. The third kappa shape index (κ3) is 2.98. The zero-order chi connectivity index (χ0) is 13.0. The molecule has 2 unspecified atom stereocenters. The van der Waals surface area contributed by atoms with Crippen molar-refractivity contribution in [1.82, 2.24) is 0 Å². The number of halogens is 1. The van der Waals surface area contributed by atoms with E-state index in [2.05, 4.69) is 5.32 Å². The predicted molar refractivity (Wildman–Crippen MR) is 64.8 cm³/mol. The van der Waals surface area contributed by atoms with E-state index in [1.54, 1.807) is 12.1 Å². The molecule has 1 aliphatic heterocycles. The Labute approximate surface area is 105 Å². The molecular formula is C13H16FNO3. The zero-order valence-corrected chi connectivity index (χ0v) is 10.2. The van der Waals surface area contributed by atoms with E-state index < -0.39 is 6.04 Å². The summed E-state index contributed by atoms with van der Waals surface area (Å²) in [7, 11) is 1.35. The van der Waals surface area contributed by atoms with E-state index in [0.717, 1.165) is 6.42 Å². The SMILES string of the molecule is COC(=O)C(Nc1cccc(F)c1)C1CCOC1. The van der Waals surface area contributed by atoms with Gasteiger partial charge in [0.2, 0.25) is 0 Å². The quantitative estimate of drug-likeness (QED) is 0.831. The Bertz CT molecular complexity index is 418. The first-order chi connectivity index (χ1) is 8.70. The van der Waals surface area contributed by atoms with Gasteiger partial charge < -0.3 is 14.8 Å². The molecule has 1 heterocycles. The zero-order valence-electron chi connectivity index (χ0n) is 10.2. The van der Waals surface area contributed by atoms with Gasteiger partial charge in [0, 0.05) is 18.2 Å². The summed E-state index contributed by atoms with van der Waals surface area (Å²) in [6.45, 7) is 1.16. The molecule has 1 saturated heterocycles. The van der Waals surface area contributed by atoms with Crippen molar-refractivity contribution < 1.29 is 18.7 Å². The first kappa shape index (κ1) is 12.8. The number of esters is 1. The number of benzene rings is 1. The van der Waals surface area contributed by atoms with Gasteiger partial charge >= 0.3 is 5.97 Å². The number of ether oxygens (including phenoxy) is 2. The van der Waals surface area contributed by atoms with Gasteiger partial charge in [-0.3, -0.25) is 0 Å². The fourth-order valence-corrected chi connectivity index (χ4v) is 2.07. The lowest BCUT2D eigenvalue weighted by molar-refractivity contribution is -0.142. The van der Waals surface area contributed by atoms with Gasteiger partial charge in [-0.2, -0.15) is 0 Å². The molecule has 1 aromatic rings. The maximum Gasteiger partial charge on any atom is 0.328 e. The molecule has 0 radical (unpaired) electrons. The van der Waals surface area contributed by atoms with Crippen LogP contribution in [0.15, 0.2) is 24.3 Å². The average Bonchev–Trinajstić information content (AvgIpc) is 2.89. The van der Waals surface area contributed by atoms with Crippen LogP contribution in [0.3, 0.4) is 0 Å². The van der Waals surface area contributed by atoms with Gasteiger partial charge in [-0.15, -0.1) is 0 Å². The van der Waals surface area contributed by atoms with Crippen molar-refractivity contribution in [2.24, 2.45) is 5.92 Å². The summed E-state index contributed by atoms with van der Waals surface area (Å²) < 4.78 is 23.1. The second-order valence-electron chi connectivity index (χ2n) is 4.28. The van der Waals surface area contributed by atoms with Crippen molar-refractivity contribution in [3.05, 3.63) is 30.1 Å². The van der Waals surface area contributed by atoms with Crippen LogP contribution in [0, 0.1) is 11.7 Å². The van der Waals surface area contributed by atoms with Gasteiger partial charge in [0.15, 0.2) is 0 Å². The van der Waals surface area contributed by atoms with Gasteiger partial charge in [0.1, 0.15) is 11.9 Å². The van der Waals surface area contributed by atoms with Crippen molar-refractivity contribution in [2.45, 2.75) is 12.5 Å². The van der Waals surface area contributed by atoms with Crippen LogP contribution in [-0.4, -0.2) is 32.3 Å². The molecule has 0 spiro atoms. The smallest absolute Gasteiger partial charge is 0.328 e. The van der Waals surface area contributed by atoms with Gasteiger partial charge in [0.25, 0.3) is 0 Å². The Morgan fingerprint density at radius 2 is 2.44 bits per heavy atom. The lowest BCUT2D eigenvalue weighted by Gasteiger charge is -2.22. The van der Waals surface area contributed by atoms with Crippen LogP contribution >= 0.6 is 0 Å². The molecule has 98 valence electrons. The van der Waals surface area contributed by atoms with Gasteiger partial charge in [-0.25, -0.2) is 9.18 Å². The Hall–Kier alpha value is -1.62. The summed E-state index contributed by atoms with van der Waals surface area (Å²) in [6.07, 6.45) is 0.794. The Balaban J connectivity index is 2.11. The first-order valence-electron chi connectivity index (χ1n) is 5.88. The van der Waals surface area contributed by atoms with E-state index in [4.69, 9.17) is 9.47 Å². The molecule has 5 heteroatoms. The van der Waals surface area contributed by atoms with Crippen LogP contribution in [0.1, 0.15) is 6.42 Å². The van der Waals surface area contributed by atoms with Crippen molar-refractivity contribution >= 4 is 11.7 Å². The summed E-state index contributed by atoms with van der Waals surface area (Å²) in [6, 6.07) is 5.52. The maximum atomic E-state index is 13.1. The normalized spacial score (nSPS) is 20.4. The van der Waals surface area contributed by atoms with Crippen molar-refractivity contribution in [1.29, 1.82) is 0 Å². The molecule has 1 N–H and O–H groups in total. The molecule has 0 saturated carbocycles. The van der Waals surface area contributed by atoms with E-state index in [-0.39, 0.29) is 17.7 Å². The largest absolute Gasteiger partial charge is 0.467 e. The molecule has 4 nitrogen and oxygen atoms in total. The summed E-state index contributed by atoms with van der Waals surface area (Å²) in [4.78, 5) is 11.8. The molecule has 2 rings (SSSR count). The summed E-state index contributed by atoms with van der Waals surface area (Å²) in [5.41, 5.74) is 0.567. The van der Waals surface area contributed by atoms with Crippen LogP contribution in [-0.2, 0) is 14.3 Å². The highest BCUT2D eigenvalue weighted by Crippen LogP contribution is 2.22. The third-order valence-electron chi connectivity index (χ3n) is 3.04. The minimum absolute atomic E-state index is 0.0562. The minimum atomic E-state index is -0.501. The Kier molecular flexibility index (Phi) is 4.15. The summed E-state index contributed by atoms with van der Waals surface area (Å²) in [5.74, 6) is -0.637. The highest BCUT2D eigenvalue weighted by atomic mass is 19.1. The number of rotatable bonds is 4. The van der Waals surface area contributed by atoms with E-state index in [0.29, 0.717) is 18.9 Å². The maximum absolute atomic E-state index is 13.1. The molecule has 0 aromatic heterocycles. The number of carbonyl (C=O) groups is 1. The van der Waals surface area contributed by atoms with Crippen molar-refractivity contribution in [2.75, 3.05) is 25.6 Å². The Morgan fingerprint density at radius 3 is 3.06 bits per heavy atom. The van der Waals surface area contributed by atoms with Crippen LogP contribution in [0.4, 0.5) is 10.1 Å². The second kappa shape index (κ2) is 5.82. The fourth-order valence-electron chi connectivity index (χ4n) is 2.07. The summed E-state index contributed by atoms with van der Waals surface area (Å²) >= 11 is 0. The molecule has 1 fully saturated rings. The molecule has 1 aliphatic rings. The van der Waals surface area contributed by atoms with Crippen LogP contribution in [0.2, 0.25) is 0 Å². The van der Waals surface area contributed by atoms with E-state index in [1.807, 2.05) is 0 Å². The van der Waals surface area contributed by atoms with Gasteiger partial charge in [-0.1, -0.05) is 6.07 Å². The standard InChI is InChI=1S/C13H16FNO3/c1-17-13(16)12(9-5-6-18-8-9)15-11-4-2-3-10(14)7-11/h2-4,7,9,12,15H,5-6,8H2,1H3.